The van der Waals surface area contributed by atoms with Crippen LogP contribution in [0.5, 0.6) is 5.75 Å². The van der Waals surface area contributed by atoms with Gasteiger partial charge in [-0.05, 0) is 31.9 Å². The van der Waals surface area contributed by atoms with Crippen molar-refractivity contribution >= 4 is 0 Å². The van der Waals surface area contributed by atoms with E-state index in [0.29, 0.717) is 26.4 Å². The Morgan fingerprint density at radius 2 is 1.89 bits per heavy atom. The average molecular weight is 267 g/mol. The van der Waals surface area contributed by atoms with Crippen molar-refractivity contribution in [1.29, 1.82) is 0 Å². The Balaban J connectivity index is 2.43. The molecule has 1 unspecified atom stereocenters. The first-order valence-electron chi connectivity index (χ1n) is 6.68. The maximum absolute atomic E-state index is 5.86. The fraction of sp³-hybridized carbons (Fsp3) is 0.600. The Morgan fingerprint density at radius 1 is 1.16 bits per heavy atom. The smallest absolute Gasteiger partial charge is 0.122 e. The Morgan fingerprint density at radius 3 is 2.58 bits per heavy atom. The number of nitrogens with two attached hydrogens (primary N) is 1. The molecule has 0 bridgehead atoms. The number of ether oxygens (including phenoxy) is 3. The van der Waals surface area contributed by atoms with Gasteiger partial charge in [-0.1, -0.05) is 17.7 Å². The molecule has 0 heterocycles. The van der Waals surface area contributed by atoms with Gasteiger partial charge in [-0.2, -0.15) is 0 Å². The van der Waals surface area contributed by atoms with Crippen LogP contribution in [0.4, 0.5) is 0 Å². The molecule has 0 aromatic heterocycles. The van der Waals surface area contributed by atoms with E-state index < -0.39 is 0 Å². The van der Waals surface area contributed by atoms with Crippen molar-refractivity contribution in [3.63, 3.8) is 0 Å². The second kappa shape index (κ2) is 8.91. The van der Waals surface area contributed by atoms with Crippen LogP contribution in [0, 0.1) is 6.92 Å². The molecule has 0 radical (unpaired) electrons. The van der Waals surface area contributed by atoms with Gasteiger partial charge in [0.05, 0.1) is 19.8 Å². The number of benzene rings is 1. The van der Waals surface area contributed by atoms with Crippen molar-refractivity contribution in [2.24, 2.45) is 5.73 Å². The average Bonchev–Trinajstić information content (AvgIpc) is 2.35. The Bertz CT molecular complexity index is 366. The van der Waals surface area contributed by atoms with Gasteiger partial charge >= 0.3 is 0 Å². The number of aryl methyl sites for hydroxylation is 1. The van der Waals surface area contributed by atoms with Crippen molar-refractivity contribution in [2.75, 3.05) is 33.5 Å². The Labute approximate surface area is 115 Å². The first-order valence-corrected chi connectivity index (χ1v) is 6.68. The lowest BCUT2D eigenvalue weighted by Crippen LogP contribution is -2.19. The highest BCUT2D eigenvalue weighted by Crippen LogP contribution is 2.21. The molecule has 0 saturated carbocycles. The van der Waals surface area contributed by atoms with Crippen LogP contribution < -0.4 is 10.5 Å². The summed E-state index contributed by atoms with van der Waals surface area (Å²) in [5.74, 6) is 0.901. The molecular formula is C15H25NO3. The van der Waals surface area contributed by atoms with E-state index >= 15 is 0 Å². The molecule has 108 valence electrons. The van der Waals surface area contributed by atoms with Gasteiger partial charge in [0.25, 0.3) is 0 Å². The maximum Gasteiger partial charge on any atom is 0.122 e. The van der Waals surface area contributed by atoms with Gasteiger partial charge in [0.15, 0.2) is 0 Å². The molecule has 0 aliphatic heterocycles. The zero-order valence-corrected chi connectivity index (χ0v) is 12.1. The molecule has 0 fully saturated rings. The van der Waals surface area contributed by atoms with Crippen LogP contribution >= 0.6 is 0 Å². The molecule has 4 heteroatoms. The van der Waals surface area contributed by atoms with Gasteiger partial charge < -0.3 is 19.9 Å². The summed E-state index contributed by atoms with van der Waals surface area (Å²) in [6, 6.07) is 6.31. The quantitative estimate of drug-likeness (QED) is 0.695. The molecule has 1 aromatic rings. The predicted molar refractivity (Wildman–Crippen MR) is 76.7 cm³/mol. The molecule has 0 aliphatic carbocycles. The predicted octanol–water partition coefficient (Wildman–Crippen LogP) is 1.93. The van der Waals surface area contributed by atoms with E-state index in [2.05, 4.69) is 13.0 Å². The third-order valence-electron chi connectivity index (χ3n) is 2.67. The monoisotopic (exact) mass is 267 g/mol. The standard InChI is InChI=1S/C15H25NO3/c1-12-4-5-15(14(10-12)11-13(2)16)19-9-8-18-7-6-17-3/h4-5,10,13H,6-9,11,16H2,1-3H3. The number of hydrogen-bond acceptors (Lipinski definition) is 4. The molecule has 0 aliphatic rings. The molecule has 0 spiro atoms. The normalized spacial score (nSPS) is 12.4. The van der Waals surface area contributed by atoms with Crippen LogP contribution in [-0.4, -0.2) is 39.6 Å². The lowest BCUT2D eigenvalue weighted by atomic mass is 10.0. The van der Waals surface area contributed by atoms with Crippen LogP contribution in [0.2, 0.25) is 0 Å². The molecular weight excluding hydrogens is 242 g/mol. The summed E-state index contributed by atoms with van der Waals surface area (Å²) in [6.07, 6.45) is 0.821. The highest BCUT2D eigenvalue weighted by atomic mass is 16.5. The first-order chi connectivity index (χ1) is 9.13. The summed E-state index contributed by atoms with van der Waals surface area (Å²) in [7, 11) is 1.66. The fourth-order valence-corrected chi connectivity index (χ4v) is 1.81. The van der Waals surface area contributed by atoms with Crippen molar-refractivity contribution < 1.29 is 14.2 Å². The zero-order chi connectivity index (χ0) is 14.1. The number of rotatable bonds is 9. The minimum absolute atomic E-state index is 0.127. The van der Waals surface area contributed by atoms with E-state index in [4.69, 9.17) is 19.9 Å². The first kappa shape index (κ1) is 16.0. The zero-order valence-electron chi connectivity index (χ0n) is 12.1. The molecule has 19 heavy (non-hydrogen) atoms. The molecule has 0 amide bonds. The second-order valence-corrected chi connectivity index (χ2v) is 4.75. The minimum atomic E-state index is 0.127. The largest absolute Gasteiger partial charge is 0.491 e. The SMILES string of the molecule is COCCOCCOc1ccc(C)cc1CC(C)N. The maximum atomic E-state index is 5.86. The third-order valence-corrected chi connectivity index (χ3v) is 2.67. The van der Waals surface area contributed by atoms with E-state index in [1.165, 1.54) is 5.56 Å². The van der Waals surface area contributed by atoms with Crippen molar-refractivity contribution in [3.8, 4) is 5.75 Å². The fourth-order valence-electron chi connectivity index (χ4n) is 1.81. The molecule has 0 saturated heterocycles. The van der Waals surface area contributed by atoms with Gasteiger partial charge in [-0.15, -0.1) is 0 Å². The van der Waals surface area contributed by atoms with Crippen molar-refractivity contribution in [2.45, 2.75) is 26.3 Å². The summed E-state index contributed by atoms with van der Waals surface area (Å²) >= 11 is 0. The van der Waals surface area contributed by atoms with Crippen molar-refractivity contribution in [1.82, 2.24) is 0 Å². The molecule has 2 N–H and O–H groups in total. The van der Waals surface area contributed by atoms with Gasteiger partial charge in [-0.25, -0.2) is 0 Å². The summed E-state index contributed by atoms with van der Waals surface area (Å²) in [5.41, 5.74) is 8.24. The third kappa shape index (κ3) is 6.57. The van der Waals surface area contributed by atoms with Gasteiger partial charge in [0, 0.05) is 13.2 Å². The van der Waals surface area contributed by atoms with Crippen LogP contribution in [-0.2, 0) is 15.9 Å². The van der Waals surface area contributed by atoms with E-state index in [0.717, 1.165) is 17.7 Å². The van der Waals surface area contributed by atoms with Gasteiger partial charge in [0.1, 0.15) is 12.4 Å². The molecule has 4 nitrogen and oxygen atoms in total. The highest BCUT2D eigenvalue weighted by Gasteiger charge is 2.06. The molecule has 1 atom stereocenters. The van der Waals surface area contributed by atoms with Crippen LogP contribution in [0.15, 0.2) is 18.2 Å². The highest BCUT2D eigenvalue weighted by molar-refractivity contribution is 5.37. The molecule has 1 rings (SSSR count). The summed E-state index contributed by atoms with van der Waals surface area (Å²) in [5, 5.41) is 0. The van der Waals surface area contributed by atoms with Crippen LogP contribution in [0.25, 0.3) is 0 Å². The Kier molecular flexibility index (Phi) is 7.48. The summed E-state index contributed by atoms with van der Waals surface area (Å²) < 4.78 is 16.0. The topological polar surface area (TPSA) is 53.7 Å². The van der Waals surface area contributed by atoms with Gasteiger partial charge in [0.2, 0.25) is 0 Å². The molecule has 1 aromatic carbocycles. The Hall–Kier alpha value is -1.10. The van der Waals surface area contributed by atoms with E-state index in [-0.39, 0.29) is 6.04 Å². The van der Waals surface area contributed by atoms with E-state index in [1.807, 2.05) is 19.1 Å². The van der Waals surface area contributed by atoms with Crippen LogP contribution in [0.1, 0.15) is 18.1 Å². The van der Waals surface area contributed by atoms with Crippen molar-refractivity contribution in [3.05, 3.63) is 29.3 Å². The van der Waals surface area contributed by atoms with Gasteiger partial charge in [-0.3, -0.25) is 0 Å². The van der Waals surface area contributed by atoms with E-state index in [9.17, 15) is 0 Å². The number of methoxy groups -OCH3 is 1. The second-order valence-electron chi connectivity index (χ2n) is 4.75. The van der Waals surface area contributed by atoms with Crippen LogP contribution in [0.3, 0.4) is 0 Å². The lowest BCUT2D eigenvalue weighted by Gasteiger charge is -2.14. The summed E-state index contributed by atoms with van der Waals surface area (Å²) in [6.45, 7) is 6.39. The number of hydrogen-bond donors (Lipinski definition) is 1. The lowest BCUT2D eigenvalue weighted by molar-refractivity contribution is 0.0542. The minimum Gasteiger partial charge on any atom is -0.491 e. The summed E-state index contributed by atoms with van der Waals surface area (Å²) in [4.78, 5) is 0. The van der Waals surface area contributed by atoms with E-state index in [1.54, 1.807) is 7.11 Å².